The van der Waals surface area contributed by atoms with Crippen molar-refractivity contribution in [3.05, 3.63) is 36.0 Å². The van der Waals surface area contributed by atoms with Crippen molar-refractivity contribution < 1.29 is 9.53 Å². The molecule has 1 heterocycles. The molecule has 0 aliphatic heterocycles. The van der Waals surface area contributed by atoms with E-state index in [1.165, 1.54) is 0 Å². The predicted octanol–water partition coefficient (Wildman–Crippen LogP) is 1.61. The van der Waals surface area contributed by atoms with Crippen LogP contribution in [0.3, 0.4) is 0 Å². The van der Waals surface area contributed by atoms with Crippen LogP contribution in [-0.2, 0) is 16.0 Å². The van der Waals surface area contributed by atoms with Gasteiger partial charge in [-0.05, 0) is 25.0 Å². The monoisotopic (exact) mass is 311 g/mol. The maximum absolute atomic E-state index is 11.9. The van der Waals surface area contributed by atoms with Crippen LogP contribution in [0.15, 0.2) is 30.5 Å². The molecule has 0 aliphatic carbocycles. The van der Waals surface area contributed by atoms with Crippen LogP contribution in [-0.4, -0.2) is 36.7 Å². The maximum atomic E-state index is 11.9. The zero-order valence-corrected chi connectivity index (χ0v) is 12.9. The molecule has 1 aromatic carbocycles. The third-order valence-electron chi connectivity index (χ3n) is 3.20. The number of amides is 1. The Bertz CT molecular complexity index is 571. The van der Waals surface area contributed by atoms with E-state index in [9.17, 15) is 4.79 Å². The highest BCUT2D eigenvalue weighted by Crippen LogP contribution is 2.18. The van der Waals surface area contributed by atoms with Crippen molar-refractivity contribution in [2.24, 2.45) is 5.73 Å². The molecule has 1 atom stereocenters. The van der Waals surface area contributed by atoms with E-state index in [1.807, 2.05) is 37.4 Å². The highest BCUT2D eigenvalue weighted by atomic mass is 35.5. The zero-order valence-electron chi connectivity index (χ0n) is 12.1. The Morgan fingerprint density at radius 1 is 1.43 bits per heavy atom. The number of nitrogens with one attached hydrogen (secondary N) is 2. The summed E-state index contributed by atoms with van der Waals surface area (Å²) in [6.45, 7) is 3.58. The highest BCUT2D eigenvalue weighted by molar-refractivity contribution is 5.86. The van der Waals surface area contributed by atoms with Crippen LogP contribution in [0.25, 0.3) is 10.9 Å². The summed E-state index contributed by atoms with van der Waals surface area (Å²) in [5.74, 6) is -0.144. The van der Waals surface area contributed by atoms with Gasteiger partial charge in [0.25, 0.3) is 0 Å². The molecule has 21 heavy (non-hydrogen) atoms. The van der Waals surface area contributed by atoms with Crippen LogP contribution >= 0.6 is 12.4 Å². The third-order valence-corrected chi connectivity index (χ3v) is 3.20. The number of para-hydroxylation sites is 1. The molecule has 2 aromatic rings. The van der Waals surface area contributed by atoms with Gasteiger partial charge in [0.05, 0.1) is 12.6 Å². The molecule has 0 saturated carbocycles. The molecule has 5 nitrogen and oxygen atoms in total. The number of halogens is 1. The smallest absolute Gasteiger partial charge is 0.237 e. The average molecular weight is 312 g/mol. The van der Waals surface area contributed by atoms with Crippen LogP contribution in [0.1, 0.15) is 12.5 Å². The summed E-state index contributed by atoms with van der Waals surface area (Å²) in [7, 11) is 0. The number of hydrogen-bond acceptors (Lipinski definition) is 3. The number of aromatic nitrogens is 1. The fourth-order valence-corrected chi connectivity index (χ4v) is 2.15. The molecular weight excluding hydrogens is 290 g/mol. The van der Waals surface area contributed by atoms with Gasteiger partial charge in [-0.3, -0.25) is 4.79 Å². The predicted molar refractivity (Wildman–Crippen MR) is 86.7 cm³/mol. The van der Waals surface area contributed by atoms with Crippen LogP contribution in [0.2, 0.25) is 0 Å². The van der Waals surface area contributed by atoms with Gasteiger partial charge in [-0.2, -0.15) is 0 Å². The number of H-pyrrole nitrogens is 1. The molecule has 0 spiro atoms. The molecule has 116 valence electrons. The molecule has 0 aliphatic rings. The van der Waals surface area contributed by atoms with Crippen molar-refractivity contribution >= 4 is 29.2 Å². The van der Waals surface area contributed by atoms with Crippen LogP contribution in [0.5, 0.6) is 0 Å². The minimum Gasteiger partial charge on any atom is -0.380 e. The molecule has 0 radical (unpaired) electrons. The first kappa shape index (κ1) is 17.5. The minimum absolute atomic E-state index is 0. The number of nitrogens with two attached hydrogens (primary N) is 1. The van der Waals surface area contributed by atoms with E-state index in [0.717, 1.165) is 16.5 Å². The second kappa shape index (κ2) is 8.67. The largest absolute Gasteiger partial charge is 0.380 e. The third kappa shape index (κ3) is 4.74. The molecule has 0 saturated heterocycles. The van der Waals surface area contributed by atoms with Gasteiger partial charge < -0.3 is 20.8 Å². The minimum atomic E-state index is -0.546. The van der Waals surface area contributed by atoms with Crippen LogP contribution in [0, 0.1) is 0 Å². The quantitative estimate of drug-likeness (QED) is 0.680. The number of carbonyl (C=O) groups excluding carboxylic acids is 1. The lowest BCUT2D eigenvalue weighted by Crippen LogP contribution is -2.43. The van der Waals surface area contributed by atoms with Crippen LogP contribution < -0.4 is 11.1 Å². The van der Waals surface area contributed by atoms with E-state index < -0.39 is 6.04 Å². The number of ether oxygens (including phenoxy) is 1. The lowest BCUT2D eigenvalue weighted by Gasteiger charge is -2.11. The SMILES string of the molecule is CCOCCNC(=O)[C@@H](N)Cc1c[nH]c2ccccc12.Cl. The van der Waals surface area contributed by atoms with Crippen molar-refractivity contribution in [3.63, 3.8) is 0 Å². The Morgan fingerprint density at radius 2 is 2.19 bits per heavy atom. The van der Waals surface area contributed by atoms with Crippen molar-refractivity contribution in [2.45, 2.75) is 19.4 Å². The molecule has 4 N–H and O–H groups in total. The fourth-order valence-electron chi connectivity index (χ4n) is 2.15. The van der Waals surface area contributed by atoms with Gasteiger partial charge >= 0.3 is 0 Å². The Labute approximate surface area is 130 Å². The van der Waals surface area contributed by atoms with Crippen LogP contribution in [0.4, 0.5) is 0 Å². The van der Waals surface area contributed by atoms with Crippen molar-refractivity contribution in [1.29, 1.82) is 0 Å². The molecular formula is C15H22ClN3O2. The molecule has 0 unspecified atom stereocenters. The summed E-state index contributed by atoms with van der Waals surface area (Å²) >= 11 is 0. The van der Waals surface area contributed by atoms with E-state index in [1.54, 1.807) is 0 Å². The first-order valence-electron chi connectivity index (χ1n) is 6.88. The first-order chi connectivity index (χ1) is 9.72. The fraction of sp³-hybridized carbons (Fsp3) is 0.400. The summed E-state index contributed by atoms with van der Waals surface area (Å²) in [6.07, 6.45) is 2.43. The molecule has 6 heteroatoms. The van der Waals surface area contributed by atoms with Crippen molar-refractivity contribution in [2.75, 3.05) is 19.8 Å². The summed E-state index contributed by atoms with van der Waals surface area (Å²) in [6, 6.07) is 7.44. The van der Waals surface area contributed by atoms with E-state index in [2.05, 4.69) is 10.3 Å². The standard InChI is InChI=1S/C15H21N3O2.ClH/c1-2-20-8-7-17-15(19)13(16)9-11-10-18-14-6-4-3-5-12(11)14;/h3-6,10,13,18H,2,7-9,16H2,1H3,(H,17,19);1H/t13-;/m0./s1. The van der Waals surface area contributed by atoms with Gasteiger partial charge in [0.15, 0.2) is 0 Å². The lowest BCUT2D eigenvalue weighted by atomic mass is 10.1. The lowest BCUT2D eigenvalue weighted by molar-refractivity contribution is -0.122. The second-order valence-corrected chi connectivity index (χ2v) is 4.66. The first-order valence-corrected chi connectivity index (χ1v) is 6.88. The van der Waals surface area contributed by atoms with Gasteiger partial charge in [-0.15, -0.1) is 12.4 Å². The highest BCUT2D eigenvalue weighted by Gasteiger charge is 2.15. The Hall–Kier alpha value is -1.56. The average Bonchev–Trinajstić information content (AvgIpc) is 2.87. The summed E-state index contributed by atoms with van der Waals surface area (Å²) in [5, 5.41) is 3.89. The number of carbonyl (C=O) groups is 1. The molecule has 2 rings (SSSR count). The summed E-state index contributed by atoms with van der Waals surface area (Å²) in [4.78, 5) is 15.1. The normalized spacial score (nSPS) is 11.9. The molecule has 1 amide bonds. The Kier molecular flexibility index (Phi) is 7.22. The second-order valence-electron chi connectivity index (χ2n) is 4.66. The van der Waals surface area contributed by atoms with Gasteiger partial charge in [0, 0.05) is 30.3 Å². The van der Waals surface area contributed by atoms with E-state index in [0.29, 0.717) is 26.2 Å². The van der Waals surface area contributed by atoms with Gasteiger partial charge in [0.2, 0.25) is 5.91 Å². The van der Waals surface area contributed by atoms with Crippen molar-refractivity contribution in [3.8, 4) is 0 Å². The number of benzene rings is 1. The zero-order chi connectivity index (χ0) is 14.4. The molecule has 0 fully saturated rings. The van der Waals surface area contributed by atoms with E-state index >= 15 is 0 Å². The summed E-state index contributed by atoms with van der Waals surface area (Å²) in [5.41, 5.74) is 8.07. The topological polar surface area (TPSA) is 80.1 Å². The number of aromatic amines is 1. The van der Waals surface area contributed by atoms with Crippen molar-refractivity contribution in [1.82, 2.24) is 10.3 Å². The maximum Gasteiger partial charge on any atom is 0.237 e. The molecule has 0 bridgehead atoms. The van der Waals surface area contributed by atoms with E-state index in [-0.39, 0.29) is 18.3 Å². The number of fused-ring (bicyclic) bond motifs is 1. The van der Waals surface area contributed by atoms with Gasteiger partial charge in [-0.25, -0.2) is 0 Å². The van der Waals surface area contributed by atoms with Gasteiger partial charge in [0.1, 0.15) is 0 Å². The number of rotatable bonds is 7. The Morgan fingerprint density at radius 3 is 2.95 bits per heavy atom. The Balaban J connectivity index is 0.00000220. The number of hydrogen-bond donors (Lipinski definition) is 3. The molecule has 1 aromatic heterocycles. The summed E-state index contributed by atoms with van der Waals surface area (Å²) < 4.78 is 5.17. The van der Waals surface area contributed by atoms with Gasteiger partial charge in [-0.1, -0.05) is 18.2 Å². The van der Waals surface area contributed by atoms with E-state index in [4.69, 9.17) is 10.5 Å².